The van der Waals surface area contributed by atoms with E-state index in [1.54, 1.807) is 47.6 Å². The second-order valence-corrected chi connectivity index (χ2v) is 11.2. The van der Waals surface area contributed by atoms with Crippen LogP contribution in [-0.4, -0.2) is 42.3 Å². The molecule has 0 fully saturated rings. The van der Waals surface area contributed by atoms with Crippen molar-refractivity contribution in [3.8, 4) is 11.5 Å². The monoisotopic (exact) mass is 532 g/mol. The van der Waals surface area contributed by atoms with Gasteiger partial charge in [-0.3, -0.25) is 19.7 Å². The van der Waals surface area contributed by atoms with Gasteiger partial charge in [-0.1, -0.05) is 48.0 Å². The Hall–Kier alpha value is -2.94. The summed E-state index contributed by atoms with van der Waals surface area (Å²) in [5.74, 6) is -1.23. The van der Waals surface area contributed by atoms with E-state index in [0.717, 1.165) is 5.56 Å². The molecule has 0 aromatic heterocycles. The smallest absolute Gasteiger partial charge is 0.316 e. The fraction of sp³-hybridized carbons (Fsp3) is 0.464. The van der Waals surface area contributed by atoms with Gasteiger partial charge in [0.25, 0.3) is 0 Å². The van der Waals surface area contributed by atoms with Crippen LogP contribution in [0, 0.1) is 10.8 Å². The van der Waals surface area contributed by atoms with E-state index in [-0.39, 0.29) is 35.3 Å². The molecule has 202 valence electrons. The van der Waals surface area contributed by atoms with Crippen molar-refractivity contribution in [3.63, 3.8) is 0 Å². The number of halogens is 1. The summed E-state index contributed by atoms with van der Waals surface area (Å²) in [6.45, 7) is 10.9. The second-order valence-electron chi connectivity index (χ2n) is 10.8. The molecule has 0 heterocycles. The highest BCUT2D eigenvalue weighted by Crippen LogP contribution is 2.40. The number of aliphatic hydroxyl groups excluding tert-OH is 1. The van der Waals surface area contributed by atoms with Gasteiger partial charge in [-0.05, 0) is 58.7 Å². The van der Waals surface area contributed by atoms with Crippen molar-refractivity contribution in [2.45, 2.75) is 60.6 Å². The Morgan fingerprint density at radius 1 is 0.892 bits per heavy atom. The zero-order chi connectivity index (χ0) is 27.8. The molecule has 2 aromatic rings. The first kappa shape index (κ1) is 30.3. The average molecular weight is 533 g/mol. The Morgan fingerprint density at radius 3 is 2.08 bits per heavy atom. The van der Waals surface area contributed by atoms with Crippen molar-refractivity contribution in [1.82, 2.24) is 10.6 Å². The molecule has 3 N–H and O–H groups in total. The summed E-state index contributed by atoms with van der Waals surface area (Å²) in [6, 6.07) is 12.5. The lowest BCUT2D eigenvalue weighted by Crippen LogP contribution is -2.38. The van der Waals surface area contributed by atoms with Crippen molar-refractivity contribution in [3.05, 3.63) is 58.6 Å². The van der Waals surface area contributed by atoms with Gasteiger partial charge in [-0.25, -0.2) is 0 Å². The molecule has 0 aliphatic heterocycles. The van der Waals surface area contributed by atoms with Crippen LogP contribution in [0.1, 0.15) is 52.7 Å². The van der Waals surface area contributed by atoms with Crippen LogP contribution in [0.3, 0.4) is 0 Å². The summed E-state index contributed by atoms with van der Waals surface area (Å²) in [4.78, 5) is 37.1. The number of ether oxygens (including phenoxy) is 2. The predicted molar refractivity (Wildman–Crippen MR) is 143 cm³/mol. The van der Waals surface area contributed by atoms with E-state index in [0.29, 0.717) is 18.7 Å². The molecule has 0 radical (unpaired) electrons. The van der Waals surface area contributed by atoms with Crippen molar-refractivity contribution in [2.75, 3.05) is 13.1 Å². The Labute approximate surface area is 223 Å². The summed E-state index contributed by atoms with van der Waals surface area (Å²) in [6.07, 6.45) is -0.622. The third kappa shape index (κ3) is 9.80. The van der Waals surface area contributed by atoms with E-state index in [4.69, 9.17) is 21.1 Å². The highest BCUT2D eigenvalue weighted by atomic mass is 35.5. The summed E-state index contributed by atoms with van der Waals surface area (Å²) in [7, 11) is 0. The number of amides is 1. The van der Waals surface area contributed by atoms with Gasteiger partial charge in [-0.15, -0.1) is 0 Å². The predicted octanol–water partition coefficient (Wildman–Crippen LogP) is 4.05. The zero-order valence-electron chi connectivity index (χ0n) is 22.3. The van der Waals surface area contributed by atoms with Gasteiger partial charge in [0.2, 0.25) is 5.91 Å². The topological polar surface area (TPSA) is 114 Å². The quantitative estimate of drug-likeness (QED) is 0.183. The molecule has 0 saturated carbocycles. The SMILES string of the molecule is CC(C)(C)C(=O)Oc1ccc(CC(O)NCCNC(=O)Cc2ccccc2)c(Cl)c1OC(=O)C(C)(C)C. The van der Waals surface area contributed by atoms with Gasteiger partial charge in [0, 0.05) is 19.5 Å². The number of rotatable bonds is 10. The lowest BCUT2D eigenvalue weighted by molar-refractivity contribution is -0.145. The summed E-state index contributed by atoms with van der Waals surface area (Å²) in [5, 5.41) is 16.3. The van der Waals surface area contributed by atoms with Crippen molar-refractivity contribution < 1.29 is 29.0 Å². The van der Waals surface area contributed by atoms with E-state index in [2.05, 4.69) is 10.6 Å². The molecule has 1 atom stereocenters. The third-order valence-corrected chi connectivity index (χ3v) is 5.63. The molecular formula is C28H37ClN2O6. The lowest BCUT2D eigenvalue weighted by atomic mass is 9.97. The first-order valence-electron chi connectivity index (χ1n) is 12.2. The summed E-state index contributed by atoms with van der Waals surface area (Å²) >= 11 is 6.57. The van der Waals surface area contributed by atoms with Crippen LogP contribution in [-0.2, 0) is 27.2 Å². The van der Waals surface area contributed by atoms with E-state index in [1.807, 2.05) is 30.3 Å². The van der Waals surface area contributed by atoms with Crippen LogP contribution < -0.4 is 20.1 Å². The van der Waals surface area contributed by atoms with Crippen LogP contribution in [0.5, 0.6) is 11.5 Å². The standard InChI is InChI=1S/C28H37ClN2O6/c1-27(2,3)25(34)36-20-13-12-19(23(29)24(20)37-26(35)28(4,5)6)17-22(33)31-15-14-30-21(32)16-18-10-8-7-9-11-18/h7-13,22,31,33H,14-17H2,1-6H3,(H,30,32). The van der Waals surface area contributed by atoms with Crippen molar-refractivity contribution in [1.29, 1.82) is 0 Å². The zero-order valence-corrected chi connectivity index (χ0v) is 23.1. The van der Waals surface area contributed by atoms with Gasteiger partial charge in [0.05, 0.1) is 22.3 Å². The van der Waals surface area contributed by atoms with Crippen LogP contribution in [0.4, 0.5) is 0 Å². The Bertz CT molecular complexity index is 1090. The molecule has 2 rings (SSSR count). The van der Waals surface area contributed by atoms with Crippen molar-refractivity contribution in [2.24, 2.45) is 10.8 Å². The molecule has 1 amide bonds. The number of carbonyl (C=O) groups excluding carboxylic acids is 3. The normalized spacial score (nSPS) is 12.5. The van der Waals surface area contributed by atoms with Gasteiger partial charge in [0.15, 0.2) is 11.5 Å². The Kier molecular flexibility index (Phi) is 10.7. The molecule has 8 nitrogen and oxygen atoms in total. The largest absolute Gasteiger partial charge is 0.422 e. The number of hydrogen-bond acceptors (Lipinski definition) is 7. The van der Waals surface area contributed by atoms with E-state index < -0.39 is 29.0 Å². The molecule has 37 heavy (non-hydrogen) atoms. The maximum absolute atomic E-state index is 12.6. The highest BCUT2D eigenvalue weighted by molar-refractivity contribution is 6.33. The van der Waals surface area contributed by atoms with Gasteiger partial charge in [0.1, 0.15) is 6.23 Å². The van der Waals surface area contributed by atoms with Crippen LogP contribution in [0.15, 0.2) is 42.5 Å². The number of esters is 2. The minimum Gasteiger partial charge on any atom is -0.422 e. The molecule has 1 unspecified atom stereocenters. The van der Waals surface area contributed by atoms with Crippen LogP contribution in [0.25, 0.3) is 0 Å². The summed E-state index contributed by atoms with van der Waals surface area (Å²) < 4.78 is 11.0. The number of benzene rings is 2. The van der Waals surface area contributed by atoms with Crippen molar-refractivity contribution >= 4 is 29.4 Å². The first-order chi connectivity index (χ1) is 17.2. The third-order valence-electron chi connectivity index (χ3n) is 5.21. The Morgan fingerprint density at radius 2 is 1.49 bits per heavy atom. The number of aliphatic hydroxyl groups is 1. The van der Waals surface area contributed by atoms with Crippen LogP contribution in [0.2, 0.25) is 5.02 Å². The number of carbonyl (C=O) groups is 3. The minimum atomic E-state index is -0.988. The van der Waals surface area contributed by atoms with Gasteiger partial charge in [-0.2, -0.15) is 0 Å². The summed E-state index contributed by atoms with van der Waals surface area (Å²) in [5.41, 5.74) is -0.201. The van der Waals surface area contributed by atoms with Crippen LogP contribution >= 0.6 is 11.6 Å². The molecule has 0 aliphatic rings. The molecule has 0 spiro atoms. The molecule has 0 saturated heterocycles. The van der Waals surface area contributed by atoms with E-state index in [9.17, 15) is 19.5 Å². The lowest BCUT2D eigenvalue weighted by Gasteiger charge is -2.22. The molecule has 2 aromatic carbocycles. The first-order valence-corrected chi connectivity index (χ1v) is 12.5. The average Bonchev–Trinajstić information content (AvgIpc) is 2.80. The fourth-order valence-corrected chi connectivity index (χ4v) is 3.25. The van der Waals surface area contributed by atoms with E-state index in [1.165, 1.54) is 6.07 Å². The van der Waals surface area contributed by atoms with E-state index >= 15 is 0 Å². The number of nitrogens with one attached hydrogen (secondary N) is 2. The molecule has 0 bridgehead atoms. The fourth-order valence-electron chi connectivity index (χ4n) is 2.98. The number of hydrogen-bond donors (Lipinski definition) is 3. The second kappa shape index (κ2) is 13.0. The Balaban J connectivity index is 2.03. The molecule has 9 heteroatoms. The molecular weight excluding hydrogens is 496 g/mol. The maximum atomic E-state index is 12.6. The minimum absolute atomic E-state index is 0.0230. The molecule has 0 aliphatic carbocycles. The van der Waals surface area contributed by atoms with Gasteiger partial charge < -0.3 is 19.9 Å². The highest BCUT2D eigenvalue weighted by Gasteiger charge is 2.30. The maximum Gasteiger partial charge on any atom is 0.316 e. The van der Waals surface area contributed by atoms with Gasteiger partial charge >= 0.3 is 11.9 Å².